The molecule has 0 aliphatic carbocycles. The van der Waals surface area contributed by atoms with Crippen LogP contribution in [-0.2, 0) is 4.79 Å². The molecule has 2 atom stereocenters. The molecule has 0 aliphatic rings. The highest BCUT2D eigenvalue weighted by atomic mass is 16.4. The van der Waals surface area contributed by atoms with Gasteiger partial charge in [0.25, 0.3) is 0 Å². The molecule has 18 heavy (non-hydrogen) atoms. The molecule has 0 heterocycles. The fourth-order valence-corrected chi connectivity index (χ4v) is 2.08. The van der Waals surface area contributed by atoms with Crippen molar-refractivity contribution in [3.63, 3.8) is 0 Å². The van der Waals surface area contributed by atoms with Crippen molar-refractivity contribution in [3.8, 4) is 0 Å². The standard InChI is InChI=1S/C13H26N2O3/c1-6-15(11(5)8-12(16)17)13(18)14-10(4)7-9(2)3/h9-11H,6-8H2,1-5H3,(H,14,18)(H,16,17). The molecular formula is C13H26N2O3. The van der Waals surface area contributed by atoms with Crippen molar-refractivity contribution in [1.82, 2.24) is 10.2 Å². The average molecular weight is 258 g/mol. The molecule has 5 heteroatoms. The summed E-state index contributed by atoms with van der Waals surface area (Å²) in [4.78, 5) is 24.2. The summed E-state index contributed by atoms with van der Waals surface area (Å²) in [6.45, 7) is 10.3. The summed E-state index contributed by atoms with van der Waals surface area (Å²) in [5.41, 5.74) is 0. The Balaban J connectivity index is 4.38. The van der Waals surface area contributed by atoms with Crippen LogP contribution in [0.4, 0.5) is 4.79 Å². The highest BCUT2D eigenvalue weighted by Gasteiger charge is 2.21. The Kier molecular flexibility index (Phi) is 7.39. The second-order valence-corrected chi connectivity index (χ2v) is 5.21. The van der Waals surface area contributed by atoms with Crippen LogP contribution < -0.4 is 5.32 Å². The van der Waals surface area contributed by atoms with Crippen molar-refractivity contribution >= 4 is 12.0 Å². The number of carboxylic acid groups (broad SMARTS) is 1. The van der Waals surface area contributed by atoms with E-state index in [9.17, 15) is 9.59 Å². The fourth-order valence-electron chi connectivity index (χ4n) is 2.08. The molecule has 5 nitrogen and oxygen atoms in total. The van der Waals surface area contributed by atoms with E-state index in [0.717, 1.165) is 6.42 Å². The minimum Gasteiger partial charge on any atom is -0.481 e. The first-order valence-corrected chi connectivity index (χ1v) is 6.56. The number of urea groups is 1. The first kappa shape index (κ1) is 16.7. The second-order valence-electron chi connectivity index (χ2n) is 5.21. The summed E-state index contributed by atoms with van der Waals surface area (Å²) in [6, 6.07) is -0.373. The van der Waals surface area contributed by atoms with Gasteiger partial charge in [-0.05, 0) is 33.1 Å². The number of carboxylic acids is 1. The lowest BCUT2D eigenvalue weighted by atomic mass is 10.1. The number of carbonyl (C=O) groups excluding carboxylic acids is 1. The van der Waals surface area contributed by atoms with Crippen molar-refractivity contribution in [2.24, 2.45) is 5.92 Å². The largest absolute Gasteiger partial charge is 0.481 e. The van der Waals surface area contributed by atoms with Gasteiger partial charge in [0.15, 0.2) is 0 Å². The van der Waals surface area contributed by atoms with Gasteiger partial charge in [-0.25, -0.2) is 4.79 Å². The van der Waals surface area contributed by atoms with Crippen LogP contribution in [0, 0.1) is 5.92 Å². The number of nitrogens with zero attached hydrogens (tertiary/aromatic N) is 1. The Labute approximate surface area is 110 Å². The van der Waals surface area contributed by atoms with Crippen LogP contribution in [0.5, 0.6) is 0 Å². The Bertz CT molecular complexity index is 279. The molecule has 0 bridgehead atoms. The number of hydrogen-bond acceptors (Lipinski definition) is 2. The van der Waals surface area contributed by atoms with Gasteiger partial charge in [0.1, 0.15) is 0 Å². The van der Waals surface area contributed by atoms with Gasteiger partial charge in [0.2, 0.25) is 0 Å². The van der Waals surface area contributed by atoms with Gasteiger partial charge in [0.05, 0.1) is 6.42 Å². The van der Waals surface area contributed by atoms with Crippen LogP contribution in [-0.4, -0.2) is 40.6 Å². The van der Waals surface area contributed by atoms with Crippen LogP contribution in [0.25, 0.3) is 0 Å². The molecule has 0 aliphatic heterocycles. The highest BCUT2D eigenvalue weighted by molar-refractivity contribution is 5.76. The second kappa shape index (κ2) is 7.95. The predicted octanol–water partition coefficient (Wildman–Crippen LogP) is 2.32. The van der Waals surface area contributed by atoms with E-state index in [2.05, 4.69) is 19.2 Å². The molecule has 2 unspecified atom stereocenters. The maximum atomic E-state index is 12.0. The molecule has 0 spiro atoms. The molecular weight excluding hydrogens is 232 g/mol. The number of hydrogen-bond donors (Lipinski definition) is 2. The smallest absolute Gasteiger partial charge is 0.317 e. The molecule has 2 amide bonds. The van der Waals surface area contributed by atoms with E-state index >= 15 is 0 Å². The van der Waals surface area contributed by atoms with Gasteiger partial charge in [-0.1, -0.05) is 13.8 Å². The van der Waals surface area contributed by atoms with Crippen molar-refractivity contribution in [3.05, 3.63) is 0 Å². The van der Waals surface area contributed by atoms with Crippen molar-refractivity contribution in [2.45, 2.75) is 59.5 Å². The SMILES string of the molecule is CCN(C(=O)NC(C)CC(C)C)C(C)CC(=O)O. The molecule has 0 radical (unpaired) electrons. The van der Waals surface area contributed by atoms with Gasteiger partial charge < -0.3 is 15.3 Å². The molecule has 2 N–H and O–H groups in total. The maximum absolute atomic E-state index is 12.0. The van der Waals surface area contributed by atoms with Crippen LogP contribution in [0.15, 0.2) is 0 Å². The van der Waals surface area contributed by atoms with Crippen LogP contribution >= 0.6 is 0 Å². The van der Waals surface area contributed by atoms with E-state index in [4.69, 9.17) is 5.11 Å². The van der Waals surface area contributed by atoms with Crippen molar-refractivity contribution in [2.75, 3.05) is 6.54 Å². The lowest BCUT2D eigenvalue weighted by Crippen LogP contribution is -2.48. The normalized spacial score (nSPS) is 14.1. The van der Waals surface area contributed by atoms with Gasteiger partial charge in [0, 0.05) is 18.6 Å². The number of amides is 2. The maximum Gasteiger partial charge on any atom is 0.317 e. The zero-order valence-electron chi connectivity index (χ0n) is 12.1. The average Bonchev–Trinajstić information content (AvgIpc) is 2.14. The third-order valence-electron chi connectivity index (χ3n) is 2.80. The summed E-state index contributed by atoms with van der Waals surface area (Å²) < 4.78 is 0. The van der Waals surface area contributed by atoms with E-state index in [1.807, 2.05) is 13.8 Å². The molecule has 0 fully saturated rings. The van der Waals surface area contributed by atoms with Gasteiger partial charge in [-0.3, -0.25) is 4.79 Å². The number of nitrogens with one attached hydrogen (secondary N) is 1. The summed E-state index contributed by atoms with van der Waals surface area (Å²) in [5, 5.41) is 11.7. The molecule has 0 aromatic rings. The van der Waals surface area contributed by atoms with Crippen LogP contribution in [0.3, 0.4) is 0 Å². The lowest BCUT2D eigenvalue weighted by Gasteiger charge is -2.29. The summed E-state index contributed by atoms with van der Waals surface area (Å²) in [6.07, 6.45) is 0.885. The van der Waals surface area contributed by atoms with E-state index in [1.54, 1.807) is 11.8 Å². The van der Waals surface area contributed by atoms with Crippen molar-refractivity contribution in [1.29, 1.82) is 0 Å². The van der Waals surface area contributed by atoms with Gasteiger partial charge >= 0.3 is 12.0 Å². The van der Waals surface area contributed by atoms with E-state index in [1.165, 1.54) is 0 Å². The topological polar surface area (TPSA) is 69.6 Å². The quantitative estimate of drug-likeness (QED) is 0.736. The van der Waals surface area contributed by atoms with Crippen LogP contribution in [0.1, 0.15) is 47.5 Å². The third-order valence-corrected chi connectivity index (χ3v) is 2.80. The summed E-state index contributed by atoms with van der Waals surface area (Å²) in [7, 11) is 0. The first-order valence-electron chi connectivity index (χ1n) is 6.56. The minimum absolute atomic E-state index is 0.0280. The van der Waals surface area contributed by atoms with Crippen molar-refractivity contribution < 1.29 is 14.7 Å². The summed E-state index contributed by atoms with van der Waals surface area (Å²) in [5.74, 6) is -0.365. The Morgan fingerprint density at radius 1 is 1.22 bits per heavy atom. The van der Waals surface area contributed by atoms with Crippen LogP contribution in [0.2, 0.25) is 0 Å². The van der Waals surface area contributed by atoms with Gasteiger partial charge in [-0.2, -0.15) is 0 Å². The zero-order chi connectivity index (χ0) is 14.3. The summed E-state index contributed by atoms with van der Waals surface area (Å²) >= 11 is 0. The fraction of sp³-hybridized carbons (Fsp3) is 0.846. The number of aliphatic carboxylic acids is 1. The van der Waals surface area contributed by atoms with E-state index in [-0.39, 0.29) is 24.5 Å². The molecule has 0 rings (SSSR count). The highest BCUT2D eigenvalue weighted by Crippen LogP contribution is 2.07. The molecule has 106 valence electrons. The number of rotatable bonds is 7. The molecule has 0 aromatic carbocycles. The first-order chi connectivity index (χ1) is 8.27. The third kappa shape index (κ3) is 6.47. The Morgan fingerprint density at radius 3 is 2.17 bits per heavy atom. The minimum atomic E-state index is -0.885. The molecule has 0 aromatic heterocycles. The van der Waals surface area contributed by atoms with E-state index in [0.29, 0.717) is 12.5 Å². The zero-order valence-corrected chi connectivity index (χ0v) is 12.1. The van der Waals surface area contributed by atoms with Gasteiger partial charge in [-0.15, -0.1) is 0 Å². The number of carbonyl (C=O) groups is 2. The lowest BCUT2D eigenvalue weighted by molar-refractivity contribution is -0.138. The van der Waals surface area contributed by atoms with E-state index < -0.39 is 5.97 Å². The molecule has 0 saturated carbocycles. The Hall–Kier alpha value is -1.26. The molecule has 0 saturated heterocycles. The monoisotopic (exact) mass is 258 g/mol. The predicted molar refractivity (Wildman–Crippen MR) is 71.5 cm³/mol. The Morgan fingerprint density at radius 2 is 1.78 bits per heavy atom.